The van der Waals surface area contributed by atoms with Gasteiger partial charge in [-0.3, -0.25) is 19.6 Å². The Morgan fingerprint density at radius 1 is 1.29 bits per heavy atom. The van der Waals surface area contributed by atoms with E-state index < -0.39 is 35.4 Å². The zero-order valence-corrected chi connectivity index (χ0v) is 19.1. The SMILES string of the molecule is C[C@]1(c2cccc(NC(=O)c3ccc(-c4nccs4)cn3)c2F)N=C(N)COCC1(F)F.O=CO. The Bertz CT molecular complexity index is 1220. The summed E-state index contributed by atoms with van der Waals surface area (Å²) in [5.74, 6) is -5.45. The average molecular weight is 507 g/mol. The minimum absolute atomic E-state index is 0.0248. The monoisotopic (exact) mass is 507 g/mol. The number of nitrogens with two attached hydrogens (primary N) is 1. The molecule has 0 saturated carbocycles. The van der Waals surface area contributed by atoms with E-state index in [1.807, 2.05) is 5.38 Å². The number of carbonyl (C=O) groups excluding carboxylic acids is 1. The van der Waals surface area contributed by atoms with Crippen molar-refractivity contribution in [3.8, 4) is 10.6 Å². The first-order chi connectivity index (χ1) is 16.6. The molecule has 0 spiro atoms. The molecule has 1 aliphatic rings. The summed E-state index contributed by atoms with van der Waals surface area (Å²) in [6.07, 6.45) is 3.13. The van der Waals surface area contributed by atoms with E-state index in [0.717, 1.165) is 17.5 Å². The molecular formula is C22H20F3N5O4S. The van der Waals surface area contributed by atoms with Gasteiger partial charge in [0.1, 0.15) is 29.8 Å². The second-order valence-corrected chi connectivity index (χ2v) is 8.26. The second-order valence-electron chi connectivity index (χ2n) is 7.37. The van der Waals surface area contributed by atoms with Gasteiger partial charge in [0, 0.05) is 28.9 Å². The molecule has 0 aliphatic carbocycles. The van der Waals surface area contributed by atoms with E-state index in [2.05, 4.69) is 20.3 Å². The van der Waals surface area contributed by atoms with Crippen molar-refractivity contribution >= 4 is 35.2 Å². The Hall–Kier alpha value is -3.84. The van der Waals surface area contributed by atoms with Crippen LogP contribution in [-0.2, 0) is 15.1 Å². The molecule has 184 valence electrons. The molecule has 3 heterocycles. The predicted octanol–water partition coefficient (Wildman–Crippen LogP) is 3.54. The van der Waals surface area contributed by atoms with Crippen molar-refractivity contribution in [2.24, 2.45) is 10.7 Å². The highest BCUT2D eigenvalue weighted by molar-refractivity contribution is 7.13. The summed E-state index contributed by atoms with van der Waals surface area (Å²) < 4.78 is 49.8. The third-order valence-electron chi connectivity index (χ3n) is 5.06. The van der Waals surface area contributed by atoms with Gasteiger partial charge in [0.15, 0.2) is 11.4 Å². The van der Waals surface area contributed by atoms with Crippen LogP contribution >= 0.6 is 11.3 Å². The van der Waals surface area contributed by atoms with Gasteiger partial charge in [0.2, 0.25) is 0 Å². The molecule has 3 aromatic rings. The Kier molecular flexibility index (Phi) is 7.82. The van der Waals surface area contributed by atoms with Gasteiger partial charge in [-0.05, 0) is 25.1 Å². The zero-order chi connectivity index (χ0) is 25.6. The van der Waals surface area contributed by atoms with Crippen LogP contribution in [0.4, 0.5) is 18.9 Å². The molecule has 1 amide bonds. The molecule has 0 fully saturated rings. The highest BCUT2D eigenvalue weighted by Crippen LogP contribution is 2.44. The number of anilines is 1. The molecule has 2 aromatic heterocycles. The fraction of sp³-hybridized carbons (Fsp3) is 0.227. The van der Waals surface area contributed by atoms with Crippen molar-refractivity contribution in [1.82, 2.24) is 9.97 Å². The van der Waals surface area contributed by atoms with Crippen LogP contribution in [0.1, 0.15) is 23.0 Å². The summed E-state index contributed by atoms with van der Waals surface area (Å²) in [7, 11) is 0. The topological polar surface area (TPSA) is 140 Å². The summed E-state index contributed by atoms with van der Waals surface area (Å²) in [4.78, 5) is 33.1. The normalized spacial score (nSPS) is 18.9. The van der Waals surface area contributed by atoms with E-state index in [-0.39, 0.29) is 30.3 Å². The largest absolute Gasteiger partial charge is 0.483 e. The van der Waals surface area contributed by atoms with Crippen molar-refractivity contribution < 1.29 is 32.6 Å². The van der Waals surface area contributed by atoms with Gasteiger partial charge in [-0.25, -0.2) is 18.2 Å². The number of amides is 1. The first-order valence-electron chi connectivity index (χ1n) is 9.97. The maximum absolute atomic E-state index is 15.3. The fourth-order valence-electron chi connectivity index (χ4n) is 3.29. The number of ether oxygens (including phenoxy) is 1. The first kappa shape index (κ1) is 25.8. The number of halogens is 3. The number of thiazole rings is 1. The number of carbonyl (C=O) groups is 2. The summed E-state index contributed by atoms with van der Waals surface area (Å²) in [5, 5.41) is 11.8. The lowest BCUT2D eigenvalue weighted by Crippen LogP contribution is -2.45. The van der Waals surface area contributed by atoms with E-state index in [1.54, 1.807) is 12.3 Å². The fourth-order valence-corrected chi connectivity index (χ4v) is 3.92. The summed E-state index contributed by atoms with van der Waals surface area (Å²) in [5.41, 5.74) is 3.39. The standard InChI is InChI=1S/C21H18F3N5O2S.CH2O2/c1-20(21(23,24)11-31-10-16(25)29-20)13-3-2-4-14(17(13)22)28-18(30)15-6-5-12(9-27-15)19-26-7-8-32-19;2-1-3/h2-9H,10-11H2,1H3,(H2,25,29)(H,28,30);1H,(H,2,3)/t20-;/m1./s1. The molecule has 4 N–H and O–H groups in total. The minimum atomic E-state index is -3.54. The number of hydrogen-bond donors (Lipinski definition) is 3. The highest BCUT2D eigenvalue weighted by atomic mass is 32.1. The predicted molar refractivity (Wildman–Crippen MR) is 123 cm³/mol. The molecule has 1 aliphatic heterocycles. The third kappa shape index (κ3) is 5.46. The van der Waals surface area contributed by atoms with Crippen molar-refractivity contribution in [3.05, 3.63) is 65.2 Å². The van der Waals surface area contributed by atoms with Gasteiger partial charge in [0.05, 0.1) is 5.69 Å². The van der Waals surface area contributed by atoms with E-state index in [0.29, 0.717) is 0 Å². The van der Waals surface area contributed by atoms with Crippen LogP contribution in [0.25, 0.3) is 10.6 Å². The smallest absolute Gasteiger partial charge is 0.299 e. The molecule has 0 bridgehead atoms. The van der Waals surface area contributed by atoms with Gasteiger partial charge in [0.25, 0.3) is 18.3 Å². The van der Waals surface area contributed by atoms with Crippen LogP contribution < -0.4 is 11.1 Å². The van der Waals surface area contributed by atoms with E-state index >= 15 is 4.39 Å². The van der Waals surface area contributed by atoms with Crippen LogP contribution in [-0.4, -0.2) is 52.4 Å². The molecule has 35 heavy (non-hydrogen) atoms. The number of rotatable bonds is 4. The Morgan fingerprint density at radius 2 is 2.03 bits per heavy atom. The van der Waals surface area contributed by atoms with E-state index in [9.17, 15) is 13.6 Å². The lowest BCUT2D eigenvalue weighted by atomic mass is 9.85. The number of benzene rings is 1. The Morgan fingerprint density at radius 3 is 2.66 bits per heavy atom. The molecule has 13 heteroatoms. The van der Waals surface area contributed by atoms with E-state index in [4.69, 9.17) is 20.4 Å². The number of carboxylic acid groups (broad SMARTS) is 1. The minimum Gasteiger partial charge on any atom is -0.483 e. The highest BCUT2D eigenvalue weighted by Gasteiger charge is 2.54. The molecule has 1 aromatic carbocycles. The average Bonchev–Trinajstić information content (AvgIpc) is 3.32. The summed E-state index contributed by atoms with van der Waals surface area (Å²) >= 11 is 1.42. The maximum Gasteiger partial charge on any atom is 0.299 e. The van der Waals surface area contributed by atoms with Crippen molar-refractivity contribution in [2.75, 3.05) is 18.5 Å². The quantitative estimate of drug-likeness (QED) is 0.459. The number of nitrogens with zero attached hydrogens (tertiary/aromatic N) is 3. The van der Waals surface area contributed by atoms with Crippen LogP contribution in [0.15, 0.2) is 53.1 Å². The van der Waals surface area contributed by atoms with Crippen LogP contribution in [0, 0.1) is 5.82 Å². The number of nitrogens with one attached hydrogen (secondary N) is 1. The number of hydrogen-bond acceptors (Lipinski definition) is 8. The maximum atomic E-state index is 15.3. The van der Waals surface area contributed by atoms with Gasteiger partial charge >= 0.3 is 0 Å². The number of aromatic nitrogens is 2. The number of alkyl halides is 2. The molecule has 1 atom stereocenters. The summed E-state index contributed by atoms with van der Waals surface area (Å²) in [6, 6.07) is 6.94. The van der Waals surface area contributed by atoms with Crippen molar-refractivity contribution in [3.63, 3.8) is 0 Å². The molecule has 0 saturated heterocycles. The van der Waals surface area contributed by atoms with Crippen LogP contribution in [0.3, 0.4) is 0 Å². The molecule has 9 nitrogen and oxygen atoms in total. The lowest BCUT2D eigenvalue weighted by Gasteiger charge is -2.33. The zero-order valence-electron chi connectivity index (χ0n) is 18.2. The Balaban J connectivity index is 0.00000108. The lowest BCUT2D eigenvalue weighted by molar-refractivity contribution is -0.122. The van der Waals surface area contributed by atoms with Crippen LogP contribution in [0.5, 0.6) is 0 Å². The Labute approximate surface area is 201 Å². The van der Waals surface area contributed by atoms with Gasteiger partial charge in [-0.2, -0.15) is 0 Å². The first-order valence-corrected chi connectivity index (χ1v) is 10.8. The number of amidine groups is 1. The van der Waals surface area contributed by atoms with Gasteiger partial charge < -0.3 is 20.9 Å². The number of aliphatic imine (C=N–C) groups is 1. The number of pyridine rings is 1. The molecule has 4 rings (SSSR count). The van der Waals surface area contributed by atoms with Gasteiger partial charge in [-0.1, -0.05) is 12.1 Å². The van der Waals surface area contributed by atoms with Gasteiger partial charge in [-0.15, -0.1) is 11.3 Å². The molecule has 0 unspecified atom stereocenters. The third-order valence-corrected chi connectivity index (χ3v) is 5.88. The van der Waals surface area contributed by atoms with Crippen molar-refractivity contribution in [1.29, 1.82) is 0 Å². The molecule has 0 radical (unpaired) electrons. The van der Waals surface area contributed by atoms with Crippen LogP contribution in [0.2, 0.25) is 0 Å². The second kappa shape index (κ2) is 10.6. The molecular weight excluding hydrogens is 487 g/mol. The van der Waals surface area contributed by atoms with Crippen molar-refractivity contribution in [2.45, 2.75) is 18.4 Å². The summed E-state index contributed by atoms with van der Waals surface area (Å²) in [6.45, 7) is -0.428. The van der Waals surface area contributed by atoms with E-state index in [1.165, 1.54) is 41.8 Å².